The van der Waals surface area contributed by atoms with E-state index in [0.717, 1.165) is 5.56 Å². The van der Waals surface area contributed by atoms with Crippen molar-refractivity contribution in [1.29, 1.82) is 0 Å². The third kappa shape index (κ3) is 3.94. The molecule has 0 unspecified atom stereocenters. The molecule has 6 nitrogen and oxygen atoms in total. The summed E-state index contributed by atoms with van der Waals surface area (Å²) in [4.78, 5) is 4.01. The molecule has 0 atom stereocenters. The number of nitrogens with zero attached hydrogens (tertiary/aromatic N) is 3. The number of hydrogen-bond acceptors (Lipinski definition) is 4. The molecular weight excluding hydrogens is 300 g/mol. The number of rotatable bonds is 8. The number of benzene rings is 1. The zero-order valence-electron chi connectivity index (χ0n) is 12.7. The maximum Gasteiger partial charge on any atom is 0.262 e. The highest BCUT2D eigenvalue weighted by Crippen LogP contribution is 2.14. The van der Waals surface area contributed by atoms with Crippen LogP contribution >= 0.6 is 0 Å². The lowest BCUT2D eigenvalue weighted by Gasteiger charge is -2.20. The zero-order chi connectivity index (χ0) is 16.0. The molecule has 120 valence electrons. The van der Waals surface area contributed by atoms with Crippen LogP contribution in [0.3, 0.4) is 0 Å². The Hall–Kier alpha value is -1.70. The summed E-state index contributed by atoms with van der Waals surface area (Å²) in [5, 5.41) is 0.0795. The van der Waals surface area contributed by atoms with Gasteiger partial charge in [-0.15, -0.1) is 0 Å². The van der Waals surface area contributed by atoms with Gasteiger partial charge in [-0.1, -0.05) is 30.3 Å². The Labute approximate surface area is 131 Å². The largest absolute Gasteiger partial charge is 0.336 e. The molecule has 0 spiro atoms. The minimum Gasteiger partial charge on any atom is -0.336 e. The summed E-state index contributed by atoms with van der Waals surface area (Å²) in [6.07, 6.45) is 3.74. The Kier molecular flexibility index (Phi) is 5.70. The summed E-state index contributed by atoms with van der Waals surface area (Å²) in [5.74, 6) is 0. The van der Waals surface area contributed by atoms with Crippen molar-refractivity contribution in [2.24, 2.45) is 5.73 Å². The molecule has 1 aromatic heterocycles. The average molecular weight is 322 g/mol. The fourth-order valence-electron chi connectivity index (χ4n) is 2.17. The topological polar surface area (TPSA) is 81.2 Å². The summed E-state index contributed by atoms with van der Waals surface area (Å²) < 4.78 is 28.5. The molecule has 7 heteroatoms. The van der Waals surface area contributed by atoms with Gasteiger partial charge >= 0.3 is 0 Å². The van der Waals surface area contributed by atoms with Gasteiger partial charge in [-0.2, -0.15) is 4.31 Å². The molecule has 0 fully saturated rings. The van der Waals surface area contributed by atoms with E-state index in [1.165, 1.54) is 10.6 Å². The van der Waals surface area contributed by atoms with E-state index >= 15 is 0 Å². The third-order valence-electron chi connectivity index (χ3n) is 3.45. The summed E-state index contributed by atoms with van der Waals surface area (Å²) in [6, 6.07) is 9.80. The molecule has 1 aromatic carbocycles. The lowest BCUT2D eigenvalue weighted by molar-refractivity contribution is 0.420. The van der Waals surface area contributed by atoms with Crippen LogP contribution in [0.25, 0.3) is 0 Å². The highest BCUT2D eigenvalue weighted by atomic mass is 32.2. The van der Waals surface area contributed by atoms with E-state index in [9.17, 15) is 8.42 Å². The Bertz CT molecular complexity index is 683. The van der Waals surface area contributed by atoms with Crippen LogP contribution in [-0.2, 0) is 23.0 Å². The van der Waals surface area contributed by atoms with Gasteiger partial charge in [0.05, 0.1) is 6.33 Å². The number of hydrogen-bond donors (Lipinski definition) is 1. The first kappa shape index (κ1) is 16.7. The van der Waals surface area contributed by atoms with E-state index in [0.29, 0.717) is 19.5 Å². The van der Waals surface area contributed by atoms with Crippen molar-refractivity contribution < 1.29 is 8.42 Å². The lowest BCUT2D eigenvalue weighted by Crippen LogP contribution is -2.37. The van der Waals surface area contributed by atoms with Gasteiger partial charge in [0.2, 0.25) is 0 Å². The maximum absolute atomic E-state index is 12.7. The summed E-state index contributed by atoms with van der Waals surface area (Å²) in [7, 11) is -3.60. The Morgan fingerprint density at radius 3 is 2.55 bits per heavy atom. The second-order valence-electron chi connectivity index (χ2n) is 4.97. The number of imidazole rings is 1. The molecule has 1 heterocycles. The fraction of sp³-hybridized carbons (Fsp3) is 0.400. The summed E-state index contributed by atoms with van der Waals surface area (Å²) in [6.45, 7) is 3.58. The SMILES string of the molecule is CCn1cnc(S(=O)(=O)N(CCN)CCc2ccccc2)c1. The summed E-state index contributed by atoms with van der Waals surface area (Å²) >= 11 is 0. The van der Waals surface area contributed by atoms with Gasteiger partial charge in [0, 0.05) is 32.4 Å². The number of aromatic nitrogens is 2. The van der Waals surface area contributed by atoms with Gasteiger partial charge in [-0.25, -0.2) is 13.4 Å². The Morgan fingerprint density at radius 1 is 1.23 bits per heavy atom. The molecule has 0 amide bonds. The van der Waals surface area contributed by atoms with Gasteiger partial charge in [0.15, 0.2) is 5.03 Å². The van der Waals surface area contributed by atoms with E-state index < -0.39 is 10.0 Å². The predicted octanol–water partition coefficient (Wildman–Crippen LogP) is 1.10. The standard InChI is InChI=1S/C15H22N4O2S/c1-2-18-12-15(17-13-18)22(20,21)19(11-9-16)10-8-14-6-4-3-5-7-14/h3-7,12-13H,2,8-11,16H2,1H3. The van der Waals surface area contributed by atoms with Gasteiger partial charge in [-0.05, 0) is 18.9 Å². The highest BCUT2D eigenvalue weighted by Gasteiger charge is 2.25. The van der Waals surface area contributed by atoms with Crippen LogP contribution in [0, 0.1) is 0 Å². The minimum atomic E-state index is -3.60. The monoisotopic (exact) mass is 322 g/mol. The van der Waals surface area contributed by atoms with Crippen LogP contribution in [0.5, 0.6) is 0 Å². The Balaban J connectivity index is 2.15. The first-order chi connectivity index (χ1) is 10.6. The minimum absolute atomic E-state index is 0.0795. The number of nitrogens with two attached hydrogens (primary N) is 1. The first-order valence-corrected chi connectivity index (χ1v) is 8.78. The molecule has 0 aliphatic heterocycles. The van der Waals surface area contributed by atoms with Gasteiger partial charge in [-0.3, -0.25) is 0 Å². The number of aryl methyl sites for hydroxylation is 1. The van der Waals surface area contributed by atoms with E-state index in [1.54, 1.807) is 10.8 Å². The lowest BCUT2D eigenvalue weighted by atomic mass is 10.1. The molecule has 22 heavy (non-hydrogen) atoms. The molecule has 0 aliphatic carbocycles. The smallest absolute Gasteiger partial charge is 0.262 e. The Morgan fingerprint density at radius 2 is 1.95 bits per heavy atom. The molecule has 0 saturated heterocycles. The molecule has 0 bridgehead atoms. The molecule has 0 radical (unpaired) electrons. The van der Waals surface area contributed by atoms with E-state index in [1.807, 2.05) is 37.3 Å². The second-order valence-corrected chi connectivity index (χ2v) is 6.86. The number of sulfonamides is 1. The average Bonchev–Trinajstić information content (AvgIpc) is 3.02. The van der Waals surface area contributed by atoms with Crippen LogP contribution in [0.15, 0.2) is 47.9 Å². The quantitative estimate of drug-likeness (QED) is 0.789. The van der Waals surface area contributed by atoms with E-state index in [-0.39, 0.29) is 18.1 Å². The van der Waals surface area contributed by atoms with Crippen LogP contribution in [-0.4, -0.2) is 41.9 Å². The molecule has 2 rings (SSSR count). The zero-order valence-corrected chi connectivity index (χ0v) is 13.5. The second kappa shape index (κ2) is 7.53. The molecular formula is C15H22N4O2S. The van der Waals surface area contributed by atoms with Crippen molar-refractivity contribution in [3.8, 4) is 0 Å². The molecule has 2 N–H and O–H groups in total. The van der Waals surface area contributed by atoms with Crippen LogP contribution < -0.4 is 5.73 Å². The maximum atomic E-state index is 12.7. The van der Waals surface area contributed by atoms with Gasteiger partial charge < -0.3 is 10.3 Å². The van der Waals surface area contributed by atoms with Crippen molar-refractivity contribution in [3.63, 3.8) is 0 Å². The predicted molar refractivity (Wildman–Crippen MR) is 85.9 cm³/mol. The van der Waals surface area contributed by atoms with Gasteiger partial charge in [0.1, 0.15) is 0 Å². The van der Waals surface area contributed by atoms with Crippen molar-refractivity contribution in [2.75, 3.05) is 19.6 Å². The van der Waals surface area contributed by atoms with Crippen LogP contribution in [0.4, 0.5) is 0 Å². The normalized spacial score (nSPS) is 12.0. The van der Waals surface area contributed by atoms with Crippen molar-refractivity contribution in [2.45, 2.75) is 24.9 Å². The van der Waals surface area contributed by atoms with E-state index in [4.69, 9.17) is 5.73 Å². The van der Waals surface area contributed by atoms with Gasteiger partial charge in [0.25, 0.3) is 10.0 Å². The van der Waals surface area contributed by atoms with Crippen molar-refractivity contribution in [1.82, 2.24) is 13.9 Å². The highest BCUT2D eigenvalue weighted by molar-refractivity contribution is 7.89. The fourth-order valence-corrected chi connectivity index (χ4v) is 3.56. The first-order valence-electron chi connectivity index (χ1n) is 7.34. The van der Waals surface area contributed by atoms with Crippen molar-refractivity contribution in [3.05, 3.63) is 48.4 Å². The van der Waals surface area contributed by atoms with Crippen LogP contribution in [0.1, 0.15) is 12.5 Å². The third-order valence-corrected chi connectivity index (χ3v) is 5.23. The summed E-state index contributed by atoms with van der Waals surface area (Å²) in [5.41, 5.74) is 6.67. The molecule has 2 aromatic rings. The molecule has 0 saturated carbocycles. The van der Waals surface area contributed by atoms with Crippen LogP contribution in [0.2, 0.25) is 0 Å². The van der Waals surface area contributed by atoms with E-state index in [2.05, 4.69) is 4.98 Å². The molecule has 0 aliphatic rings. The van der Waals surface area contributed by atoms with Crippen molar-refractivity contribution >= 4 is 10.0 Å².